The monoisotopic (exact) mass is 375 g/mol. The summed E-state index contributed by atoms with van der Waals surface area (Å²) in [6.45, 7) is 0.310. The van der Waals surface area contributed by atoms with Crippen molar-refractivity contribution < 1.29 is 14.3 Å². The molecular formula is C17H14FN3O2S2. The third-order valence-electron chi connectivity index (χ3n) is 3.31. The van der Waals surface area contributed by atoms with Crippen molar-refractivity contribution >= 4 is 29.2 Å². The normalized spacial score (nSPS) is 10.6. The van der Waals surface area contributed by atoms with Crippen LogP contribution in [0.15, 0.2) is 58.0 Å². The van der Waals surface area contributed by atoms with E-state index in [9.17, 15) is 9.18 Å². The largest absolute Gasteiger partial charge is 0.465 e. The molecule has 0 aliphatic carbocycles. The summed E-state index contributed by atoms with van der Waals surface area (Å²) in [5.74, 6) is -0.521. The highest BCUT2D eigenvalue weighted by molar-refractivity contribution is 8.01. The summed E-state index contributed by atoms with van der Waals surface area (Å²) < 4.78 is 15.1. The van der Waals surface area contributed by atoms with Crippen LogP contribution in [0, 0.1) is 5.95 Å². The van der Waals surface area contributed by atoms with Crippen molar-refractivity contribution in [3.8, 4) is 11.1 Å². The number of nitrogens with one attached hydrogen (secondary N) is 1. The zero-order valence-electron chi connectivity index (χ0n) is 13.0. The molecular weight excluding hydrogens is 361 g/mol. The number of aromatic nitrogens is 2. The molecule has 5 nitrogen and oxygen atoms in total. The predicted octanol–water partition coefficient (Wildman–Crippen LogP) is 4.31. The lowest BCUT2D eigenvalue weighted by Crippen LogP contribution is -2.22. The van der Waals surface area contributed by atoms with Crippen LogP contribution < -0.4 is 5.32 Å². The van der Waals surface area contributed by atoms with Crippen LogP contribution in [-0.4, -0.2) is 27.7 Å². The van der Waals surface area contributed by atoms with E-state index in [4.69, 9.17) is 5.11 Å². The van der Waals surface area contributed by atoms with E-state index in [1.54, 1.807) is 24.5 Å². The quantitative estimate of drug-likeness (QED) is 0.628. The van der Waals surface area contributed by atoms with E-state index in [1.165, 1.54) is 29.3 Å². The van der Waals surface area contributed by atoms with Gasteiger partial charge in [0.15, 0.2) is 0 Å². The van der Waals surface area contributed by atoms with Crippen molar-refractivity contribution in [2.75, 3.05) is 6.54 Å². The maximum Gasteiger partial charge on any atom is 0.404 e. The van der Waals surface area contributed by atoms with E-state index in [0.717, 1.165) is 19.5 Å². The van der Waals surface area contributed by atoms with E-state index in [0.29, 0.717) is 18.5 Å². The van der Waals surface area contributed by atoms with Crippen LogP contribution in [-0.2, 0) is 6.42 Å². The van der Waals surface area contributed by atoms with E-state index < -0.39 is 12.0 Å². The molecule has 0 saturated carbocycles. The van der Waals surface area contributed by atoms with Crippen molar-refractivity contribution in [2.45, 2.75) is 15.5 Å². The Morgan fingerprint density at radius 2 is 2.04 bits per heavy atom. The summed E-state index contributed by atoms with van der Waals surface area (Å²) in [4.78, 5) is 20.3. The van der Waals surface area contributed by atoms with Gasteiger partial charge in [0.25, 0.3) is 0 Å². The molecule has 0 aromatic carbocycles. The van der Waals surface area contributed by atoms with Crippen molar-refractivity contribution in [3.05, 3.63) is 59.7 Å². The molecule has 3 aromatic rings. The number of nitrogens with zero attached hydrogens (tertiary/aromatic N) is 2. The molecule has 3 rings (SSSR count). The summed E-state index contributed by atoms with van der Waals surface area (Å²) in [6, 6.07) is 9.07. The number of hydrogen-bond donors (Lipinski definition) is 2. The van der Waals surface area contributed by atoms with Gasteiger partial charge in [-0.15, -0.1) is 11.3 Å². The van der Waals surface area contributed by atoms with Gasteiger partial charge in [0.2, 0.25) is 5.95 Å². The summed E-state index contributed by atoms with van der Waals surface area (Å²) in [5.41, 5.74) is 1.20. The van der Waals surface area contributed by atoms with E-state index in [1.807, 2.05) is 18.2 Å². The molecule has 0 saturated heterocycles. The Morgan fingerprint density at radius 1 is 1.24 bits per heavy atom. The Kier molecular flexibility index (Phi) is 5.62. The zero-order chi connectivity index (χ0) is 17.6. The van der Waals surface area contributed by atoms with Crippen LogP contribution in [0.1, 0.15) is 4.88 Å². The maximum atomic E-state index is 14.1. The molecule has 0 radical (unpaired) electrons. The van der Waals surface area contributed by atoms with Crippen molar-refractivity contribution in [1.82, 2.24) is 15.3 Å². The van der Waals surface area contributed by atoms with Crippen LogP contribution in [0.2, 0.25) is 0 Å². The molecule has 3 heterocycles. The van der Waals surface area contributed by atoms with Gasteiger partial charge in [-0.2, -0.15) is 4.39 Å². The van der Waals surface area contributed by atoms with Gasteiger partial charge in [-0.25, -0.2) is 9.78 Å². The average Bonchev–Trinajstić information content (AvgIpc) is 2.98. The first-order chi connectivity index (χ1) is 12.1. The molecule has 8 heteroatoms. The van der Waals surface area contributed by atoms with Gasteiger partial charge in [-0.1, -0.05) is 11.8 Å². The van der Waals surface area contributed by atoms with Crippen molar-refractivity contribution in [2.24, 2.45) is 0 Å². The van der Waals surface area contributed by atoms with Gasteiger partial charge in [0, 0.05) is 46.0 Å². The van der Waals surface area contributed by atoms with Crippen molar-refractivity contribution in [1.29, 1.82) is 0 Å². The summed E-state index contributed by atoms with van der Waals surface area (Å²) in [7, 11) is 0. The molecule has 25 heavy (non-hydrogen) atoms. The fraction of sp³-hybridized carbons (Fsp3) is 0.118. The summed E-state index contributed by atoms with van der Waals surface area (Å²) in [6.07, 6.45) is 4.32. The molecule has 0 aliphatic rings. The zero-order valence-corrected chi connectivity index (χ0v) is 14.6. The fourth-order valence-corrected chi connectivity index (χ4v) is 4.63. The maximum absolute atomic E-state index is 14.1. The first-order valence-electron chi connectivity index (χ1n) is 7.42. The highest BCUT2D eigenvalue weighted by Crippen LogP contribution is 2.42. The molecule has 0 atom stereocenters. The molecule has 128 valence electrons. The van der Waals surface area contributed by atoms with Gasteiger partial charge >= 0.3 is 6.09 Å². The minimum Gasteiger partial charge on any atom is -0.465 e. The van der Waals surface area contributed by atoms with E-state index in [-0.39, 0.29) is 0 Å². The van der Waals surface area contributed by atoms with E-state index >= 15 is 0 Å². The summed E-state index contributed by atoms with van der Waals surface area (Å²) >= 11 is 3.05. The number of amides is 1. The lowest BCUT2D eigenvalue weighted by atomic mass is 10.1. The third kappa shape index (κ3) is 4.55. The van der Waals surface area contributed by atoms with Crippen molar-refractivity contribution in [3.63, 3.8) is 0 Å². The Morgan fingerprint density at radius 3 is 2.76 bits per heavy atom. The van der Waals surface area contributed by atoms with Gasteiger partial charge in [-0.3, -0.25) is 4.98 Å². The second kappa shape index (κ2) is 8.09. The highest BCUT2D eigenvalue weighted by Gasteiger charge is 2.16. The first-order valence-corrected chi connectivity index (χ1v) is 9.05. The number of rotatable bonds is 6. The second-order valence-corrected chi connectivity index (χ2v) is 7.50. The lowest BCUT2D eigenvalue weighted by Gasteiger charge is -2.04. The molecule has 3 aromatic heterocycles. The van der Waals surface area contributed by atoms with Crippen LogP contribution in [0.3, 0.4) is 0 Å². The Balaban J connectivity index is 1.92. The smallest absolute Gasteiger partial charge is 0.404 e. The van der Waals surface area contributed by atoms with Crippen LogP contribution in [0.4, 0.5) is 9.18 Å². The van der Waals surface area contributed by atoms with Crippen LogP contribution >= 0.6 is 23.1 Å². The third-order valence-corrected chi connectivity index (χ3v) is 5.71. The Hall–Kier alpha value is -2.45. The standard InChI is InChI=1S/C17H14FN3O2S2/c18-15-13(2-1-6-20-15)14-10-12(5-9-21-17(22)23)25-16(14)24-11-3-7-19-8-4-11/h1-4,6-8,10,21H,5,9H2,(H,22,23). The number of carbonyl (C=O) groups is 1. The number of hydrogen-bond acceptors (Lipinski definition) is 5. The van der Waals surface area contributed by atoms with Gasteiger partial charge in [0.05, 0.1) is 4.21 Å². The minimum absolute atomic E-state index is 0.310. The topological polar surface area (TPSA) is 75.1 Å². The molecule has 0 spiro atoms. The minimum atomic E-state index is -1.05. The highest BCUT2D eigenvalue weighted by atomic mass is 32.2. The molecule has 0 unspecified atom stereocenters. The number of pyridine rings is 2. The Bertz CT molecular complexity index is 871. The SMILES string of the molecule is O=C(O)NCCc1cc(-c2cccnc2F)c(Sc2ccncc2)s1. The fourth-order valence-electron chi connectivity index (χ4n) is 2.20. The van der Waals surface area contributed by atoms with Gasteiger partial charge < -0.3 is 10.4 Å². The van der Waals surface area contributed by atoms with Crippen LogP contribution in [0.25, 0.3) is 11.1 Å². The number of thiophene rings is 1. The van der Waals surface area contributed by atoms with Crippen LogP contribution in [0.5, 0.6) is 0 Å². The number of carboxylic acid groups (broad SMARTS) is 1. The molecule has 2 N–H and O–H groups in total. The molecule has 0 aliphatic heterocycles. The first kappa shape index (κ1) is 17.4. The lowest BCUT2D eigenvalue weighted by molar-refractivity contribution is 0.194. The van der Waals surface area contributed by atoms with Gasteiger partial charge in [-0.05, 0) is 36.8 Å². The second-order valence-electron chi connectivity index (χ2n) is 5.02. The van der Waals surface area contributed by atoms with Gasteiger partial charge in [0.1, 0.15) is 0 Å². The molecule has 0 bridgehead atoms. The number of halogens is 1. The van der Waals surface area contributed by atoms with E-state index in [2.05, 4.69) is 15.3 Å². The predicted molar refractivity (Wildman–Crippen MR) is 95.6 cm³/mol. The Labute approximate surface area is 152 Å². The average molecular weight is 375 g/mol. The summed E-state index contributed by atoms with van der Waals surface area (Å²) in [5, 5.41) is 11.0. The molecule has 1 amide bonds. The molecule has 0 fully saturated rings.